The Morgan fingerprint density at radius 2 is 0.509 bits per heavy atom. The normalized spacial score (nSPS) is 11.8. The first-order valence-electron chi connectivity index (χ1n) is 17.0. The van der Waals surface area contributed by atoms with Crippen LogP contribution in [0.5, 0.6) is 0 Å². The second-order valence-electron chi connectivity index (χ2n) is 13.0. The molecule has 0 radical (unpaired) electrons. The molecule has 4 aromatic carbocycles. The van der Waals surface area contributed by atoms with Gasteiger partial charge < -0.3 is 32.9 Å². The first-order chi connectivity index (χ1) is 25.4. The zero-order chi connectivity index (χ0) is 35.3. The molecule has 0 aliphatic carbocycles. The van der Waals surface area contributed by atoms with Crippen molar-refractivity contribution in [3.05, 3.63) is 144 Å². The van der Waals surface area contributed by atoms with E-state index in [-0.39, 0.29) is 17.1 Å². The van der Waals surface area contributed by atoms with E-state index in [9.17, 15) is 0 Å². The summed E-state index contributed by atoms with van der Waals surface area (Å²) in [5.74, 6) is 0. The van der Waals surface area contributed by atoms with Crippen molar-refractivity contribution in [3.63, 3.8) is 0 Å². The number of hydrogen-bond donors (Lipinski definition) is 6. The molecule has 9 rings (SSSR count). The molecular weight excluding hydrogens is 696 g/mol. The minimum atomic E-state index is 0. The van der Waals surface area contributed by atoms with E-state index in [1.165, 1.54) is 0 Å². The first-order valence-corrected chi connectivity index (χ1v) is 17.0. The summed E-state index contributed by atoms with van der Waals surface area (Å²) in [4.78, 5) is 18.2. The summed E-state index contributed by atoms with van der Waals surface area (Å²) in [6.45, 7) is 0. The molecular formula is C44H34FeN8. The number of aromatic nitrogens is 4. The van der Waals surface area contributed by atoms with Crippen molar-refractivity contribution in [2.24, 2.45) is 0 Å². The number of hydrogen-bond acceptors (Lipinski definition) is 6. The number of aromatic amines is 2. The van der Waals surface area contributed by atoms with Gasteiger partial charge in [0.15, 0.2) is 0 Å². The van der Waals surface area contributed by atoms with Gasteiger partial charge in [0.05, 0.1) is 22.8 Å². The van der Waals surface area contributed by atoms with Crippen LogP contribution in [0.1, 0.15) is 22.8 Å². The number of nitrogens with two attached hydrogens (primary N) is 4. The van der Waals surface area contributed by atoms with Crippen LogP contribution in [0.15, 0.2) is 121 Å². The van der Waals surface area contributed by atoms with Crippen LogP contribution < -0.4 is 22.9 Å². The molecule has 0 saturated heterocycles. The number of H-pyrrole nitrogens is 2. The molecule has 9 heteroatoms. The van der Waals surface area contributed by atoms with Gasteiger partial charge >= 0.3 is 0 Å². The number of nitrogens with one attached hydrogen (secondary N) is 2. The molecule has 0 unspecified atom stereocenters. The van der Waals surface area contributed by atoms with Crippen LogP contribution in [0.4, 0.5) is 22.7 Å². The Kier molecular flexibility index (Phi) is 8.43. The van der Waals surface area contributed by atoms with E-state index in [1.54, 1.807) is 0 Å². The summed E-state index contributed by atoms with van der Waals surface area (Å²) in [6, 6.07) is 40.0. The summed E-state index contributed by atoms with van der Waals surface area (Å²) >= 11 is 0. The Morgan fingerprint density at radius 3 is 0.717 bits per heavy atom. The van der Waals surface area contributed by atoms with E-state index < -0.39 is 0 Å². The number of nitrogens with zero attached hydrogens (tertiary/aromatic N) is 2. The number of anilines is 4. The molecule has 2 aliphatic heterocycles. The van der Waals surface area contributed by atoms with Gasteiger partial charge in [-0.15, -0.1) is 0 Å². The number of nitrogen functional groups attached to an aromatic ring is 4. The molecule has 0 saturated carbocycles. The average molecular weight is 731 g/mol. The van der Waals surface area contributed by atoms with Gasteiger partial charge in [0, 0.05) is 84.1 Å². The Bertz CT molecular complexity index is 2370. The van der Waals surface area contributed by atoms with E-state index >= 15 is 0 Å². The SMILES string of the molecule is Nc1ccc(-c2c3nc(c(-c4ccc(N)cc4)c4ccc([nH]4)c(-c4ccc(N)cc4)c4nc(c(-c5ccc(N)cc5)c5ccc2[nH]5)C=C4)C=C3)cc1.[Fe]. The van der Waals surface area contributed by atoms with E-state index in [1.807, 2.05) is 97.1 Å². The molecule has 8 bridgehead atoms. The van der Waals surface area contributed by atoms with Crippen molar-refractivity contribution in [2.75, 3.05) is 22.9 Å². The smallest absolute Gasteiger partial charge is 0.0737 e. The monoisotopic (exact) mass is 730 g/mol. The quantitative estimate of drug-likeness (QED) is 0.0781. The second kappa shape index (κ2) is 13.4. The summed E-state index contributed by atoms with van der Waals surface area (Å²) < 4.78 is 0. The maximum Gasteiger partial charge on any atom is 0.0737 e. The maximum atomic E-state index is 6.15. The molecule has 53 heavy (non-hydrogen) atoms. The number of rotatable bonds is 4. The van der Waals surface area contributed by atoms with E-state index in [0.717, 1.165) is 89.4 Å². The fourth-order valence-corrected chi connectivity index (χ4v) is 7.02. The summed E-state index contributed by atoms with van der Waals surface area (Å²) in [6.07, 6.45) is 8.29. The Hall–Kier alpha value is -6.80. The topological polar surface area (TPSA) is 161 Å². The third-order valence-electron chi connectivity index (χ3n) is 9.55. The third-order valence-corrected chi connectivity index (χ3v) is 9.55. The largest absolute Gasteiger partial charge is 0.399 e. The van der Waals surface area contributed by atoms with Crippen molar-refractivity contribution >= 4 is 69.1 Å². The van der Waals surface area contributed by atoms with Crippen LogP contribution in [0, 0.1) is 0 Å². The molecule has 5 heterocycles. The predicted octanol–water partition coefficient (Wildman–Crippen LogP) is 9.65. The zero-order valence-corrected chi connectivity index (χ0v) is 29.5. The molecule has 2 aliphatic rings. The molecule has 10 N–H and O–H groups in total. The van der Waals surface area contributed by atoms with Crippen LogP contribution in [-0.2, 0) is 17.1 Å². The van der Waals surface area contributed by atoms with Gasteiger partial charge in [-0.3, -0.25) is 0 Å². The van der Waals surface area contributed by atoms with Crippen molar-refractivity contribution in [1.29, 1.82) is 0 Å². The van der Waals surface area contributed by atoms with E-state index in [4.69, 9.17) is 32.9 Å². The standard InChI is InChI=1S/C44H34N8.Fe/c45-29-9-1-25(2-10-29)41-33-17-19-35(49-33)42(26-3-11-30(46)12-4-26)37-21-23-39(51-37)44(28-7-15-32(48)16-8-28)40-24-22-38(52-40)43(36-20-18-34(41)50-36)27-5-13-31(47)14-6-27;/h1-24,49,52H,45-48H2;. The third kappa shape index (κ3) is 6.14. The molecule has 0 atom stereocenters. The van der Waals surface area contributed by atoms with Gasteiger partial charge in [-0.25, -0.2) is 9.97 Å². The first kappa shape index (κ1) is 33.3. The fraction of sp³-hybridized carbons (Fsp3) is 0. The van der Waals surface area contributed by atoms with Gasteiger partial charge in [-0.1, -0.05) is 48.5 Å². The second-order valence-corrected chi connectivity index (χ2v) is 13.0. The van der Waals surface area contributed by atoms with Crippen LogP contribution in [0.3, 0.4) is 0 Å². The van der Waals surface area contributed by atoms with Gasteiger partial charge in [-0.05, 0) is 119 Å². The number of benzene rings is 4. The summed E-state index contributed by atoms with van der Waals surface area (Å²) in [5.41, 5.74) is 41.9. The number of fused-ring (bicyclic) bond motifs is 8. The van der Waals surface area contributed by atoms with Gasteiger partial charge in [-0.2, -0.15) is 0 Å². The molecule has 0 fully saturated rings. The molecule has 258 valence electrons. The Morgan fingerprint density at radius 1 is 0.302 bits per heavy atom. The Balaban J connectivity index is 0.00000400. The van der Waals surface area contributed by atoms with Gasteiger partial charge in [0.25, 0.3) is 0 Å². The predicted molar refractivity (Wildman–Crippen MR) is 218 cm³/mol. The van der Waals surface area contributed by atoms with Crippen LogP contribution in [-0.4, -0.2) is 19.9 Å². The zero-order valence-electron chi connectivity index (χ0n) is 28.4. The fourth-order valence-electron chi connectivity index (χ4n) is 7.02. The Labute approximate surface area is 316 Å². The van der Waals surface area contributed by atoms with Crippen molar-refractivity contribution < 1.29 is 17.1 Å². The van der Waals surface area contributed by atoms with Crippen LogP contribution in [0.25, 0.3) is 90.9 Å². The summed E-state index contributed by atoms with van der Waals surface area (Å²) in [7, 11) is 0. The van der Waals surface area contributed by atoms with Crippen LogP contribution in [0.2, 0.25) is 0 Å². The average Bonchev–Trinajstić information content (AvgIpc) is 3.99. The van der Waals surface area contributed by atoms with Crippen molar-refractivity contribution in [1.82, 2.24) is 19.9 Å². The molecule has 7 aromatic rings. The molecule has 3 aromatic heterocycles. The molecule has 0 amide bonds. The van der Waals surface area contributed by atoms with E-state index in [0.29, 0.717) is 22.7 Å². The van der Waals surface area contributed by atoms with Crippen molar-refractivity contribution in [3.8, 4) is 44.5 Å². The molecule has 8 nitrogen and oxygen atoms in total. The van der Waals surface area contributed by atoms with Gasteiger partial charge in [0.2, 0.25) is 0 Å². The molecule has 0 spiro atoms. The minimum absolute atomic E-state index is 0. The van der Waals surface area contributed by atoms with E-state index in [2.05, 4.69) is 58.5 Å². The van der Waals surface area contributed by atoms with Gasteiger partial charge in [0.1, 0.15) is 0 Å². The van der Waals surface area contributed by atoms with Crippen molar-refractivity contribution in [2.45, 2.75) is 0 Å². The summed E-state index contributed by atoms with van der Waals surface area (Å²) in [5, 5.41) is 0. The maximum absolute atomic E-state index is 6.15. The van der Waals surface area contributed by atoms with Crippen LogP contribution >= 0.6 is 0 Å². The minimum Gasteiger partial charge on any atom is -0.399 e.